The monoisotopic (exact) mass is 760 g/mol. The molecule has 1 heterocycles. The molecule has 1 aliphatic rings. The fourth-order valence-corrected chi connectivity index (χ4v) is 12.1. The van der Waals surface area contributed by atoms with Gasteiger partial charge in [0.05, 0.1) is 22.9 Å². The number of anilines is 2. The van der Waals surface area contributed by atoms with Gasteiger partial charge in [0.2, 0.25) is 0 Å². The third-order valence-corrected chi connectivity index (χ3v) is 15.2. The highest BCUT2D eigenvalue weighted by Gasteiger charge is 2.19. The van der Waals surface area contributed by atoms with E-state index in [1.165, 1.54) is 49.0 Å². The number of aryl methyl sites for hydroxylation is 1. The lowest BCUT2D eigenvalue weighted by atomic mass is 9.92. The summed E-state index contributed by atoms with van der Waals surface area (Å²) >= 11 is 0. The third-order valence-electron chi connectivity index (χ3n) is 8.71. The van der Waals surface area contributed by atoms with Crippen molar-refractivity contribution in [3.63, 3.8) is 0 Å². The molecule has 2 N–H and O–H groups in total. The third kappa shape index (κ3) is 12.8. The van der Waals surface area contributed by atoms with Crippen molar-refractivity contribution in [2.75, 3.05) is 23.7 Å². The van der Waals surface area contributed by atoms with Gasteiger partial charge in [0.15, 0.2) is 0 Å². The predicted molar refractivity (Wildman–Crippen MR) is 239 cm³/mol. The number of nitrogens with one attached hydrogen (secondary N) is 2. The molecule has 0 bridgehead atoms. The molecule has 8 heteroatoms. The van der Waals surface area contributed by atoms with Crippen LogP contribution in [0.15, 0.2) is 97.9 Å². The maximum absolute atomic E-state index is 4.98. The Morgan fingerprint density at radius 2 is 0.843 bits per heavy atom. The highest BCUT2D eigenvalue weighted by Crippen LogP contribution is 2.51. The Kier molecular flexibility index (Phi) is 17.9. The smallest absolute Gasteiger partial charge is 0.0588 e. The van der Waals surface area contributed by atoms with E-state index < -0.39 is 0 Å². The van der Waals surface area contributed by atoms with Crippen molar-refractivity contribution >= 4 is 64.0 Å². The predicted octanol–water partition coefficient (Wildman–Crippen LogP) is 14.8. The molecule has 1 aliphatic heterocycles. The van der Waals surface area contributed by atoms with Crippen LogP contribution in [0.3, 0.4) is 0 Å². The van der Waals surface area contributed by atoms with Crippen molar-refractivity contribution in [2.24, 2.45) is 9.98 Å². The Labute approximate surface area is 325 Å². The minimum Gasteiger partial charge on any atom is -0.358 e. The number of aliphatic imine (C=N–C) groups is 2. The van der Waals surface area contributed by atoms with Gasteiger partial charge < -0.3 is 10.6 Å². The van der Waals surface area contributed by atoms with Crippen LogP contribution in [0, 0.1) is 6.92 Å². The van der Waals surface area contributed by atoms with Crippen LogP contribution in [0.5, 0.6) is 0 Å². The van der Waals surface area contributed by atoms with Crippen LogP contribution in [-0.2, 0) is 0 Å². The highest BCUT2D eigenvalue weighted by molar-refractivity contribution is 9.27. The Hall–Kier alpha value is -2.52. The molecule has 0 aliphatic carbocycles. The van der Waals surface area contributed by atoms with Crippen molar-refractivity contribution in [1.82, 2.24) is 0 Å². The molecule has 0 amide bonds. The molecule has 0 radical (unpaired) electrons. The molecule has 0 saturated heterocycles. The minimum atomic E-state index is 0.432. The molecule has 0 fully saturated rings. The molecular weight excluding hydrogens is 701 g/mol. The van der Waals surface area contributed by atoms with E-state index >= 15 is 0 Å². The van der Waals surface area contributed by atoms with Gasteiger partial charge in [0.25, 0.3) is 0 Å². The molecule has 3 aromatic carbocycles. The van der Waals surface area contributed by atoms with Crippen LogP contribution in [-0.4, -0.2) is 24.5 Å². The maximum Gasteiger partial charge on any atom is 0.0588 e. The molecule has 51 heavy (non-hydrogen) atoms. The van der Waals surface area contributed by atoms with Gasteiger partial charge in [-0.15, -0.1) is 0 Å². The fourth-order valence-electron chi connectivity index (χ4n) is 5.88. The number of nitrogens with zero attached hydrogens (tertiary/aromatic N) is 2. The molecule has 0 saturated carbocycles. The first-order valence-corrected chi connectivity index (χ1v) is 23.0. The lowest BCUT2D eigenvalue weighted by molar-refractivity contribution is 0.836. The second-order valence-corrected chi connectivity index (χ2v) is 20.0. The summed E-state index contributed by atoms with van der Waals surface area (Å²) in [6.45, 7) is 30.2. The van der Waals surface area contributed by atoms with Gasteiger partial charge in [0, 0.05) is 34.2 Å². The molecule has 4 rings (SSSR count). The number of benzene rings is 3. The second-order valence-electron chi connectivity index (χ2n) is 14.3. The van der Waals surface area contributed by atoms with Gasteiger partial charge in [0.1, 0.15) is 0 Å². The number of hydrogen-bond donors (Lipinski definition) is 2. The summed E-state index contributed by atoms with van der Waals surface area (Å²) in [5, 5.41) is 7.69. The van der Waals surface area contributed by atoms with E-state index in [0.29, 0.717) is 36.8 Å². The van der Waals surface area contributed by atoms with Gasteiger partial charge in [-0.3, -0.25) is 9.98 Å². The van der Waals surface area contributed by atoms with Crippen molar-refractivity contribution in [3.05, 3.63) is 116 Å². The van der Waals surface area contributed by atoms with Crippen molar-refractivity contribution < 1.29 is 0 Å². The molecule has 0 unspecified atom stereocenters. The SMILES string of the molecule is CC1=NCCN=C(C)/C(=C(/C)Nc2c(C(C)C)cccc2C(C)C)SSSS/C1=C(\C)Nc1c(C(C)C)cccc1C(C)C.Cc1ccccc1. The largest absolute Gasteiger partial charge is 0.358 e. The quantitative estimate of drug-likeness (QED) is 0.223. The van der Waals surface area contributed by atoms with Gasteiger partial charge in [-0.05, 0) is 122 Å². The summed E-state index contributed by atoms with van der Waals surface area (Å²) in [6.07, 6.45) is 0. The zero-order chi connectivity index (χ0) is 37.7. The Morgan fingerprint density at radius 1 is 0.510 bits per heavy atom. The van der Waals surface area contributed by atoms with Crippen LogP contribution >= 0.6 is 41.2 Å². The summed E-state index contributed by atoms with van der Waals surface area (Å²) in [7, 11) is 7.16. The molecular formula is C43H60N4S4. The highest BCUT2D eigenvalue weighted by atomic mass is 33.7. The van der Waals surface area contributed by atoms with Gasteiger partial charge in [-0.25, -0.2) is 0 Å². The van der Waals surface area contributed by atoms with Crippen LogP contribution in [0.1, 0.15) is 135 Å². The summed E-state index contributed by atoms with van der Waals surface area (Å²) in [4.78, 5) is 12.3. The molecule has 0 spiro atoms. The molecule has 276 valence electrons. The van der Waals surface area contributed by atoms with Crippen molar-refractivity contribution in [1.29, 1.82) is 0 Å². The zero-order valence-corrected chi connectivity index (χ0v) is 36.4. The van der Waals surface area contributed by atoms with Crippen LogP contribution in [0.2, 0.25) is 0 Å². The zero-order valence-electron chi connectivity index (χ0n) is 33.1. The molecule has 3 aromatic rings. The topological polar surface area (TPSA) is 48.8 Å². The number of allylic oxidation sites excluding steroid dienone is 4. The minimum absolute atomic E-state index is 0.432. The molecule has 4 nitrogen and oxygen atoms in total. The van der Waals surface area contributed by atoms with Crippen LogP contribution in [0.25, 0.3) is 0 Å². The van der Waals surface area contributed by atoms with Crippen LogP contribution < -0.4 is 10.6 Å². The Morgan fingerprint density at radius 3 is 1.12 bits per heavy atom. The van der Waals surface area contributed by atoms with E-state index in [9.17, 15) is 0 Å². The number of hydrogen-bond acceptors (Lipinski definition) is 8. The Balaban J connectivity index is 0.000000892. The average molecular weight is 761 g/mol. The Bertz CT molecular complexity index is 1540. The lowest BCUT2D eigenvalue weighted by Gasteiger charge is -2.23. The maximum atomic E-state index is 4.98. The van der Waals surface area contributed by atoms with E-state index in [-0.39, 0.29) is 0 Å². The standard InChI is InChI=1S/C36H52N4S4.C7H8/c1-21(2)29-15-13-16-30(22(3)4)33(29)39-27(11)35-25(9)37-19-20-38-26(10)36(42-44-43-41-35)28(12)40-34-31(23(5)6)17-14-18-32(34)24(7)8;1-7-5-3-2-4-6-7/h13-18,21-24,39-40H,19-20H2,1-12H3;2-6H,1H3/b35-27+,36-28+,37-25?,38-26?;. The lowest BCUT2D eigenvalue weighted by Crippen LogP contribution is -2.11. The summed E-state index contributed by atoms with van der Waals surface area (Å²) in [6, 6.07) is 23.6. The summed E-state index contributed by atoms with van der Waals surface area (Å²) in [5.74, 6) is 1.73. The normalized spacial score (nSPS) is 16.5. The van der Waals surface area contributed by atoms with Gasteiger partial charge >= 0.3 is 0 Å². The molecule has 0 atom stereocenters. The fraction of sp³-hybridized carbons (Fsp3) is 0.442. The first-order chi connectivity index (χ1) is 24.2. The van der Waals surface area contributed by atoms with Crippen LogP contribution in [0.4, 0.5) is 11.4 Å². The number of rotatable bonds is 8. The van der Waals surface area contributed by atoms with E-state index in [2.05, 4.69) is 149 Å². The van der Waals surface area contributed by atoms with Crippen molar-refractivity contribution in [2.45, 2.75) is 114 Å². The first kappa shape index (κ1) is 42.9. The van der Waals surface area contributed by atoms with E-state index in [0.717, 1.165) is 22.8 Å². The van der Waals surface area contributed by atoms with Gasteiger partial charge in [-0.2, -0.15) is 0 Å². The number of para-hydroxylation sites is 2. The van der Waals surface area contributed by atoms with E-state index in [1.54, 1.807) is 41.2 Å². The summed E-state index contributed by atoms with van der Waals surface area (Å²) in [5.41, 5.74) is 13.6. The average Bonchev–Trinajstić information content (AvgIpc) is 3.07. The first-order valence-electron chi connectivity index (χ1n) is 18.2. The van der Waals surface area contributed by atoms with E-state index in [4.69, 9.17) is 9.98 Å². The molecule has 0 aromatic heterocycles. The second kappa shape index (κ2) is 21.2. The summed E-state index contributed by atoms with van der Waals surface area (Å²) < 4.78 is 0. The van der Waals surface area contributed by atoms with Crippen molar-refractivity contribution in [3.8, 4) is 0 Å². The van der Waals surface area contributed by atoms with Gasteiger partial charge in [-0.1, -0.05) is 128 Å². The van der Waals surface area contributed by atoms with E-state index in [1.807, 2.05) is 18.2 Å².